The van der Waals surface area contributed by atoms with Crippen LogP contribution in [0.15, 0.2) is 12.1 Å². The number of hydrogen-bond acceptors (Lipinski definition) is 4. The van der Waals surface area contributed by atoms with Gasteiger partial charge in [0.25, 0.3) is 0 Å². The van der Waals surface area contributed by atoms with Crippen LogP contribution in [0.3, 0.4) is 0 Å². The van der Waals surface area contributed by atoms with E-state index in [1.54, 1.807) is 28.3 Å². The minimum absolute atomic E-state index is 0.0194. The molecule has 0 aliphatic carbocycles. The Morgan fingerprint density at radius 1 is 1.26 bits per heavy atom. The normalized spacial score (nSPS) is 11.9. The number of aryl methyl sites for hydroxylation is 1. The van der Waals surface area contributed by atoms with E-state index in [0.717, 1.165) is 16.9 Å². The second-order valence-corrected chi connectivity index (χ2v) is 4.66. The van der Waals surface area contributed by atoms with Crippen LogP contribution in [0.4, 0.5) is 0 Å². The average molecular weight is 266 g/mol. The Labute approximate surface area is 114 Å². The van der Waals surface area contributed by atoms with E-state index < -0.39 is 6.04 Å². The minimum atomic E-state index is -0.417. The summed E-state index contributed by atoms with van der Waals surface area (Å²) in [4.78, 5) is 13.2. The molecule has 1 aromatic carbocycles. The molecule has 1 rings (SSSR count). The summed E-state index contributed by atoms with van der Waals surface area (Å²) in [5.74, 6) is 1.40. The topological polar surface area (TPSA) is 64.8 Å². The van der Waals surface area contributed by atoms with Crippen LogP contribution in [0, 0.1) is 6.92 Å². The van der Waals surface area contributed by atoms with Crippen LogP contribution < -0.4 is 15.2 Å². The molecule has 0 aromatic heterocycles. The highest BCUT2D eigenvalue weighted by atomic mass is 16.5. The molecule has 0 aliphatic rings. The first kappa shape index (κ1) is 15.3. The first-order chi connectivity index (χ1) is 8.90. The second kappa shape index (κ2) is 6.43. The third-order valence-corrected chi connectivity index (χ3v) is 3.04. The molecule has 0 radical (unpaired) electrons. The van der Waals surface area contributed by atoms with Crippen molar-refractivity contribution in [2.45, 2.75) is 19.4 Å². The van der Waals surface area contributed by atoms with E-state index >= 15 is 0 Å². The van der Waals surface area contributed by atoms with Gasteiger partial charge in [-0.05, 0) is 24.6 Å². The number of rotatable bonds is 5. The van der Waals surface area contributed by atoms with Crippen LogP contribution in [0.5, 0.6) is 11.5 Å². The lowest BCUT2D eigenvalue weighted by Crippen LogP contribution is -2.26. The van der Waals surface area contributed by atoms with E-state index in [-0.39, 0.29) is 12.3 Å². The third kappa shape index (κ3) is 3.61. The van der Waals surface area contributed by atoms with Gasteiger partial charge in [0.1, 0.15) is 11.5 Å². The van der Waals surface area contributed by atoms with E-state index in [2.05, 4.69) is 0 Å². The van der Waals surface area contributed by atoms with Crippen LogP contribution in [-0.2, 0) is 4.79 Å². The molecule has 0 bridgehead atoms. The van der Waals surface area contributed by atoms with E-state index in [0.29, 0.717) is 5.75 Å². The summed E-state index contributed by atoms with van der Waals surface area (Å²) in [5, 5.41) is 0. The predicted molar refractivity (Wildman–Crippen MR) is 74.5 cm³/mol. The Morgan fingerprint density at radius 3 is 2.32 bits per heavy atom. The summed E-state index contributed by atoms with van der Waals surface area (Å²) >= 11 is 0. The molecule has 2 N–H and O–H groups in total. The molecule has 1 unspecified atom stereocenters. The van der Waals surface area contributed by atoms with Crippen molar-refractivity contribution in [3.63, 3.8) is 0 Å². The largest absolute Gasteiger partial charge is 0.496 e. The maximum absolute atomic E-state index is 11.7. The number of carbonyl (C=O) groups is 1. The standard InChI is InChI=1S/C14H22N2O3/c1-9-6-13(19-5)10(7-12(9)18-4)11(15)8-14(17)16(2)3/h6-7,11H,8,15H2,1-5H3. The lowest BCUT2D eigenvalue weighted by atomic mass is 10.0. The van der Waals surface area contributed by atoms with Crippen molar-refractivity contribution in [1.82, 2.24) is 4.90 Å². The molecule has 5 nitrogen and oxygen atoms in total. The summed E-state index contributed by atoms with van der Waals surface area (Å²) in [7, 11) is 6.62. The summed E-state index contributed by atoms with van der Waals surface area (Å²) in [6.45, 7) is 1.93. The van der Waals surface area contributed by atoms with Crippen molar-refractivity contribution in [3.05, 3.63) is 23.3 Å². The van der Waals surface area contributed by atoms with Gasteiger partial charge >= 0.3 is 0 Å². The maximum atomic E-state index is 11.7. The van der Waals surface area contributed by atoms with Crippen LogP contribution in [0.1, 0.15) is 23.6 Å². The van der Waals surface area contributed by atoms with Gasteiger partial charge in [-0.2, -0.15) is 0 Å². The van der Waals surface area contributed by atoms with Gasteiger partial charge in [0.15, 0.2) is 0 Å². The van der Waals surface area contributed by atoms with Gasteiger partial charge in [0, 0.05) is 32.1 Å². The highest BCUT2D eigenvalue weighted by Gasteiger charge is 2.18. The molecule has 0 saturated heterocycles. The SMILES string of the molecule is COc1cc(C(N)CC(=O)N(C)C)c(OC)cc1C. The first-order valence-corrected chi connectivity index (χ1v) is 6.09. The number of hydrogen-bond donors (Lipinski definition) is 1. The van der Waals surface area contributed by atoms with Gasteiger partial charge in [0.05, 0.1) is 14.2 Å². The number of carbonyl (C=O) groups excluding carboxylic acids is 1. The molecular formula is C14H22N2O3. The number of benzene rings is 1. The lowest BCUT2D eigenvalue weighted by molar-refractivity contribution is -0.129. The average Bonchev–Trinajstić information content (AvgIpc) is 2.37. The predicted octanol–water partition coefficient (Wildman–Crippen LogP) is 1.49. The number of nitrogens with two attached hydrogens (primary N) is 1. The lowest BCUT2D eigenvalue weighted by Gasteiger charge is -2.19. The van der Waals surface area contributed by atoms with Crippen LogP contribution >= 0.6 is 0 Å². The number of ether oxygens (including phenoxy) is 2. The molecular weight excluding hydrogens is 244 g/mol. The number of methoxy groups -OCH3 is 2. The Bertz CT molecular complexity index is 458. The second-order valence-electron chi connectivity index (χ2n) is 4.66. The fraction of sp³-hybridized carbons (Fsp3) is 0.500. The smallest absolute Gasteiger partial charge is 0.223 e. The molecule has 0 spiro atoms. The quantitative estimate of drug-likeness (QED) is 0.877. The Morgan fingerprint density at radius 2 is 1.84 bits per heavy atom. The zero-order chi connectivity index (χ0) is 14.6. The Hall–Kier alpha value is -1.75. The van der Waals surface area contributed by atoms with Crippen molar-refractivity contribution in [2.75, 3.05) is 28.3 Å². The van der Waals surface area contributed by atoms with Crippen molar-refractivity contribution in [2.24, 2.45) is 5.73 Å². The summed E-state index contributed by atoms with van der Waals surface area (Å²) in [6, 6.07) is 3.29. The van der Waals surface area contributed by atoms with Gasteiger partial charge in [-0.1, -0.05) is 0 Å². The molecule has 0 saturated carbocycles. The highest BCUT2D eigenvalue weighted by Crippen LogP contribution is 2.32. The van der Waals surface area contributed by atoms with Crippen LogP contribution in [0.2, 0.25) is 0 Å². The molecule has 0 heterocycles. The third-order valence-electron chi connectivity index (χ3n) is 3.04. The molecule has 0 fully saturated rings. The van der Waals surface area contributed by atoms with Crippen LogP contribution in [-0.4, -0.2) is 39.1 Å². The van der Waals surface area contributed by atoms with Gasteiger partial charge in [-0.3, -0.25) is 4.79 Å². The monoisotopic (exact) mass is 266 g/mol. The fourth-order valence-corrected chi connectivity index (χ4v) is 1.84. The van der Waals surface area contributed by atoms with Crippen LogP contribution in [0.25, 0.3) is 0 Å². The fourth-order valence-electron chi connectivity index (χ4n) is 1.84. The van der Waals surface area contributed by atoms with Gasteiger partial charge in [-0.15, -0.1) is 0 Å². The highest BCUT2D eigenvalue weighted by molar-refractivity contribution is 5.76. The summed E-state index contributed by atoms with van der Waals surface area (Å²) < 4.78 is 10.6. The van der Waals surface area contributed by atoms with Crippen molar-refractivity contribution in [1.29, 1.82) is 0 Å². The Kier molecular flexibility index (Phi) is 5.18. The zero-order valence-corrected chi connectivity index (χ0v) is 12.2. The first-order valence-electron chi connectivity index (χ1n) is 6.09. The van der Waals surface area contributed by atoms with E-state index in [4.69, 9.17) is 15.2 Å². The number of nitrogens with zero attached hydrogens (tertiary/aromatic N) is 1. The van der Waals surface area contributed by atoms with E-state index in [1.165, 1.54) is 4.90 Å². The van der Waals surface area contributed by atoms with E-state index in [9.17, 15) is 4.79 Å². The molecule has 1 aromatic rings. The summed E-state index contributed by atoms with van der Waals surface area (Å²) in [5.41, 5.74) is 7.85. The van der Waals surface area contributed by atoms with Gasteiger partial charge < -0.3 is 20.1 Å². The van der Waals surface area contributed by atoms with Crippen molar-refractivity contribution < 1.29 is 14.3 Å². The number of amides is 1. The zero-order valence-electron chi connectivity index (χ0n) is 12.2. The molecule has 106 valence electrons. The van der Waals surface area contributed by atoms with Gasteiger partial charge in [-0.25, -0.2) is 0 Å². The molecule has 1 atom stereocenters. The van der Waals surface area contributed by atoms with Crippen molar-refractivity contribution >= 4 is 5.91 Å². The molecule has 5 heteroatoms. The summed E-state index contributed by atoms with van der Waals surface area (Å²) in [6.07, 6.45) is 0.232. The van der Waals surface area contributed by atoms with Crippen molar-refractivity contribution in [3.8, 4) is 11.5 Å². The molecule has 1 amide bonds. The van der Waals surface area contributed by atoms with E-state index in [1.807, 2.05) is 19.1 Å². The molecule has 0 aliphatic heterocycles. The maximum Gasteiger partial charge on any atom is 0.223 e. The van der Waals surface area contributed by atoms with Gasteiger partial charge in [0.2, 0.25) is 5.91 Å². The molecule has 19 heavy (non-hydrogen) atoms. The Balaban J connectivity index is 3.07. The minimum Gasteiger partial charge on any atom is -0.496 e.